The number of alkyl halides is 3. The first-order valence-electron chi connectivity index (χ1n) is 10.5. The molecule has 33 heavy (non-hydrogen) atoms. The molecule has 0 N–H and O–H groups in total. The maximum absolute atomic E-state index is 12.8. The Bertz CT molecular complexity index is 1140. The fourth-order valence-electron chi connectivity index (χ4n) is 3.77. The number of rotatable bonds is 7. The average Bonchev–Trinajstić information content (AvgIpc) is 3.38. The Labute approximate surface area is 193 Å². The molecular weight excluding hydrogens is 453 g/mol. The number of halogens is 3. The van der Waals surface area contributed by atoms with Crippen LogP contribution < -0.4 is 9.64 Å². The van der Waals surface area contributed by atoms with Gasteiger partial charge in [-0.05, 0) is 37.1 Å². The maximum Gasteiger partial charge on any atom is 0.416 e. The zero-order chi connectivity index (χ0) is 23.6. The summed E-state index contributed by atoms with van der Waals surface area (Å²) in [6.45, 7) is 3.46. The highest BCUT2D eigenvalue weighted by atomic mass is 32.1. The number of hydrogen-bond donors (Lipinski definition) is 0. The summed E-state index contributed by atoms with van der Waals surface area (Å²) in [7, 11) is 1.32. The minimum absolute atomic E-state index is 0.137. The topological polar surface area (TPSA) is 51.7 Å². The minimum Gasteiger partial charge on any atom is -0.482 e. The Balaban J connectivity index is 1.43. The summed E-state index contributed by atoms with van der Waals surface area (Å²) < 4.78 is 48.6. The largest absolute Gasteiger partial charge is 0.482 e. The van der Waals surface area contributed by atoms with E-state index in [1.54, 1.807) is 0 Å². The average molecular weight is 477 g/mol. The number of benzene rings is 2. The van der Waals surface area contributed by atoms with E-state index in [-0.39, 0.29) is 6.61 Å². The highest BCUT2D eigenvalue weighted by Gasteiger charge is 2.30. The van der Waals surface area contributed by atoms with Crippen molar-refractivity contribution >= 4 is 23.0 Å². The van der Waals surface area contributed by atoms with Crippen molar-refractivity contribution in [2.24, 2.45) is 0 Å². The van der Waals surface area contributed by atoms with Crippen molar-refractivity contribution in [3.05, 3.63) is 64.2 Å². The second kappa shape index (κ2) is 9.43. The summed E-state index contributed by atoms with van der Waals surface area (Å²) in [5.74, 6) is 0.182. The number of fused-ring (bicyclic) bond motifs is 1. The number of carbonyl (C=O) groups is 1. The number of nitrogens with zero attached hydrogens (tertiary/aromatic N) is 2. The number of ether oxygens (including phenoxy) is 2. The Hall–Kier alpha value is -3.07. The van der Waals surface area contributed by atoms with Crippen LogP contribution >= 0.6 is 11.3 Å². The van der Waals surface area contributed by atoms with Crippen LogP contribution in [-0.4, -0.2) is 37.8 Å². The maximum atomic E-state index is 12.8. The molecule has 4 rings (SSSR count). The van der Waals surface area contributed by atoms with E-state index >= 15 is 0 Å². The van der Waals surface area contributed by atoms with Crippen LogP contribution in [0, 0.1) is 6.92 Å². The molecule has 2 heterocycles. The number of aryl methyl sites for hydroxylation is 1. The molecule has 0 unspecified atom stereocenters. The lowest BCUT2D eigenvalue weighted by Gasteiger charge is -2.19. The number of hydrogen-bond acceptors (Lipinski definition) is 6. The third kappa shape index (κ3) is 5.30. The van der Waals surface area contributed by atoms with Gasteiger partial charge in [0.15, 0.2) is 6.61 Å². The van der Waals surface area contributed by atoms with E-state index in [1.807, 2.05) is 25.1 Å². The number of methoxy groups -OCH3 is 1. The van der Waals surface area contributed by atoms with Crippen LogP contribution in [0.2, 0.25) is 0 Å². The normalized spacial score (nSPS) is 13.2. The Kier molecular flexibility index (Phi) is 6.60. The van der Waals surface area contributed by atoms with Gasteiger partial charge in [0.2, 0.25) is 0 Å². The van der Waals surface area contributed by atoms with Crippen molar-refractivity contribution in [1.82, 2.24) is 4.98 Å². The standard InChI is InChI=1S/C24H23F3N2O3S/c1-15-21(33-23(28-15)17-3-6-18(7-4-17)24(25,26)27)10-12-29-11-9-16-5-8-19(13-20(16)29)32-14-22(30)31-2/h3-8,13H,9-12,14H2,1-2H3. The Morgan fingerprint density at radius 3 is 2.64 bits per heavy atom. The molecule has 0 saturated heterocycles. The van der Waals surface area contributed by atoms with Gasteiger partial charge in [0.25, 0.3) is 0 Å². The molecule has 0 bridgehead atoms. The molecular formula is C24H23F3N2O3S. The molecule has 1 aromatic heterocycles. The summed E-state index contributed by atoms with van der Waals surface area (Å²) in [5, 5.41) is 0.719. The Morgan fingerprint density at radius 2 is 1.94 bits per heavy atom. The van der Waals surface area contributed by atoms with Gasteiger partial charge >= 0.3 is 12.1 Å². The lowest BCUT2D eigenvalue weighted by molar-refractivity contribution is -0.143. The van der Waals surface area contributed by atoms with Crippen LogP contribution in [0.5, 0.6) is 5.75 Å². The summed E-state index contributed by atoms with van der Waals surface area (Å²) in [4.78, 5) is 19.3. The fraction of sp³-hybridized carbons (Fsp3) is 0.333. The second-order valence-corrected chi connectivity index (χ2v) is 8.83. The number of esters is 1. The van der Waals surface area contributed by atoms with E-state index in [9.17, 15) is 18.0 Å². The number of thiazole rings is 1. The van der Waals surface area contributed by atoms with Crippen molar-refractivity contribution in [2.75, 3.05) is 31.7 Å². The van der Waals surface area contributed by atoms with E-state index in [4.69, 9.17) is 4.74 Å². The first kappa shape index (κ1) is 23.1. The summed E-state index contributed by atoms with van der Waals surface area (Å²) >= 11 is 1.51. The molecule has 0 spiro atoms. The molecule has 1 aliphatic heterocycles. The van der Waals surface area contributed by atoms with E-state index in [0.29, 0.717) is 11.3 Å². The van der Waals surface area contributed by atoms with Gasteiger partial charge < -0.3 is 14.4 Å². The van der Waals surface area contributed by atoms with Crippen LogP contribution in [0.4, 0.5) is 18.9 Å². The summed E-state index contributed by atoms with van der Waals surface area (Å²) in [6, 6.07) is 10.9. The highest BCUT2D eigenvalue weighted by Crippen LogP contribution is 2.35. The van der Waals surface area contributed by atoms with Crippen LogP contribution in [-0.2, 0) is 28.5 Å². The molecule has 0 amide bonds. The monoisotopic (exact) mass is 476 g/mol. The number of aromatic nitrogens is 1. The van der Waals surface area contributed by atoms with Crippen LogP contribution in [0.15, 0.2) is 42.5 Å². The second-order valence-electron chi connectivity index (χ2n) is 7.75. The van der Waals surface area contributed by atoms with Gasteiger partial charge in [-0.15, -0.1) is 11.3 Å². The van der Waals surface area contributed by atoms with Gasteiger partial charge in [-0.25, -0.2) is 9.78 Å². The predicted molar refractivity (Wildman–Crippen MR) is 121 cm³/mol. The number of anilines is 1. The molecule has 0 aliphatic carbocycles. The van der Waals surface area contributed by atoms with E-state index in [1.165, 1.54) is 36.1 Å². The third-order valence-corrected chi connectivity index (χ3v) is 6.86. The Morgan fingerprint density at radius 1 is 1.18 bits per heavy atom. The van der Waals surface area contributed by atoms with Crippen molar-refractivity contribution in [3.8, 4) is 16.3 Å². The zero-order valence-electron chi connectivity index (χ0n) is 18.2. The predicted octanol–water partition coefficient (Wildman–Crippen LogP) is 5.29. The molecule has 3 aromatic rings. The van der Waals surface area contributed by atoms with Gasteiger partial charge in [0, 0.05) is 41.7 Å². The zero-order valence-corrected chi connectivity index (χ0v) is 19.1. The lowest BCUT2D eigenvalue weighted by Crippen LogP contribution is -2.23. The quantitative estimate of drug-likeness (QED) is 0.434. The third-order valence-electron chi connectivity index (χ3n) is 5.59. The SMILES string of the molecule is COC(=O)COc1ccc2c(c1)N(CCc1sc(-c3ccc(C(F)(F)F)cc3)nc1C)CC2. The minimum atomic E-state index is -4.35. The molecule has 1 aliphatic rings. The summed E-state index contributed by atoms with van der Waals surface area (Å²) in [5.41, 5.74) is 3.22. The van der Waals surface area contributed by atoms with E-state index in [2.05, 4.69) is 14.6 Å². The number of carbonyl (C=O) groups excluding carboxylic acids is 1. The summed E-state index contributed by atoms with van der Waals surface area (Å²) in [6.07, 6.45) is -2.64. The van der Waals surface area contributed by atoms with E-state index in [0.717, 1.165) is 59.3 Å². The molecule has 2 aromatic carbocycles. The highest BCUT2D eigenvalue weighted by molar-refractivity contribution is 7.15. The van der Waals surface area contributed by atoms with Crippen molar-refractivity contribution in [1.29, 1.82) is 0 Å². The molecule has 174 valence electrons. The van der Waals surface area contributed by atoms with Gasteiger partial charge in [0.1, 0.15) is 10.8 Å². The van der Waals surface area contributed by atoms with Crippen LogP contribution in [0.1, 0.15) is 21.7 Å². The first-order valence-corrected chi connectivity index (χ1v) is 11.3. The van der Waals surface area contributed by atoms with Gasteiger partial charge in [-0.1, -0.05) is 18.2 Å². The molecule has 0 fully saturated rings. The molecule has 0 radical (unpaired) electrons. The molecule has 5 nitrogen and oxygen atoms in total. The lowest BCUT2D eigenvalue weighted by atomic mass is 10.1. The van der Waals surface area contributed by atoms with Crippen LogP contribution in [0.25, 0.3) is 10.6 Å². The van der Waals surface area contributed by atoms with Crippen molar-refractivity contribution in [3.63, 3.8) is 0 Å². The van der Waals surface area contributed by atoms with Gasteiger partial charge in [-0.2, -0.15) is 13.2 Å². The van der Waals surface area contributed by atoms with Crippen LogP contribution in [0.3, 0.4) is 0 Å². The van der Waals surface area contributed by atoms with E-state index < -0.39 is 17.7 Å². The smallest absolute Gasteiger partial charge is 0.416 e. The molecule has 0 atom stereocenters. The first-order chi connectivity index (χ1) is 15.7. The van der Waals surface area contributed by atoms with Gasteiger partial charge in [0.05, 0.1) is 18.4 Å². The molecule has 9 heteroatoms. The van der Waals surface area contributed by atoms with Crippen molar-refractivity contribution < 1.29 is 27.4 Å². The van der Waals surface area contributed by atoms with Crippen molar-refractivity contribution in [2.45, 2.75) is 25.9 Å². The molecule has 0 saturated carbocycles. The van der Waals surface area contributed by atoms with Gasteiger partial charge in [-0.3, -0.25) is 0 Å². The fourth-order valence-corrected chi connectivity index (χ4v) is 4.83.